The van der Waals surface area contributed by atoms with Gasteiger partial charge in [0.2, 0.25) is 0 Å². The van der Waals surface area contributed by atoms with Crippen molar-refractivity contribution in [2.45, 2.75) is 26.4 Å². The fourth-order valence-corrected chi connectivity index (χ4v) is 2.09. The van der Waals surface area contributed by atoms with Crippen LogP contribution in [0.1, 0.15) is 19.4 Å². The summed E-state index contributed by atoms with van der Waals surface area (Å²) in [6, 6.07) is 17.6. The molecule has 0 saturated heterocycles. The molecule has 0 aromatic heterocycles. The van der Waals surface area contributed by atoms with Crippen LogP contribution < -0.4 is 5.32 Å². The summed E-state index contributed by atoms with van der Waals surface area (Å²) in [5.74, 6) is 0. The quantitative estimate of drug-likeness (QED) is 0.869. The van der Waals surface area contributed by atoms with E-state index in [1.54, 1.807) is 0 Å². The summed E-state index contributed by atoms with van der Waals surface area (Å²) in [5, 5.41) is 3.44. The standard InChI is InChI=1S/C16H18BrN/c1-12(2)18-11-13-4-3-5-15(10-13)14-6-8-16(17)9-7-14/h3-10,12,18H,11H2,1-2H3. The van der Waals surface area contributed by atoms with E-state index in [4.69, 9.17) is 0 Å². The van der Waals surface area contributed by atoms with Crippen LogP contribution in [-0.2, 0) is 6.54 Å². The fourth-order valence-electron chi connectivity index (χ4n) is 1.83. The van der Waals surface area contributed by atoms with Crippen molar-refractivity contribution in [1.29, 1.82) is 0 Å². The average molecular weight is 304 g/mol. The SMILES string of the molecule is CC(C)NCc1cccc(-c2ccc(Br)cc2)c1. The van der Waals surface area contributed by atoms with E-state index in [-0.39, 0.29) is 0 Å². The van der Waals surface area contributed by atoms with E-state index in [0.29, 0.717) is 6.04 Å². The van der Waals surface area contributed by atoms with E-state index in [1.807, 2.05) is 0 Å². The molecule has 0 aliphatic rings. The molecule has 0 saturated carbocycles. The number of hydrogen-bond donors (Lipinski definition) is 1. The van der Waals surface area contributed by atoms with Gasteiger partial charge in [0.15, 0.2) is 0 Å². The molecule has 0 atom stereocenters. The smallest absolute Gasteiger partial charge is 0.0208 e. The molecular weight excluding hydrogens is 286 g/mol. The zero-order valence-corrected chi connectivity index (χ0v) is 12.4. The lowest BCUT2D eigenvalue weighted by Gasteiger charge is -2.09. The summed E-state index contributed by atoms with van der Waals surface area (Å²) in [7, 11) is 0. The Bertz CT molecular complexity index is 503. The highest BCUT2D eigenvalue weighted by atomic mass is 79.9. The van der Waals surface area contributed by atoms with Crippen LogP contribution in [0, 0.1) is 0 Å². The molecule has 1 nitrogen and oxygen atoms in total. The van der Waals surface area contributed by atoms with Crippen molar-refractivity contribution >= 4 is 15.9 Å². The Morgan fingerprint density at radius 3 is 2.39 bits per heavy atom. The minimum absolute atomic E-state index is 0.515. The Morgan fingerprint density at radius 2 is 1.72 bits per heavy atom. The van der Waals surface area contributed by atoms with Crippen LogP contribution in [0.3, 0.4) is 0 Å². The van der Waals surface area contributed by atoms with E-state index in [1.165, 1.54) is 16.7 Å². The topological polar surface area (TPSA) is 12.0 Å². The monoisotopic (exact) mass is 303 g/mol. The highest BCUT2D eigenvalue weighted by Gasteiger charge is 2.00. The van der Waals surface area contributed by atoms with Gasteiger partial charge in [-0.05, 0) is 34.9 Å². The number of benzene rings is 2. The Balaban J connectivity index is 2.18. The van der Waals surface area contributed by atoms with Crippen LogP contribution in [0.2, 0.25) is 0 Å². The van der Waals surface area contributed by atoms with Crippen molar-refractivity contribution in [2.75, 3.05) is 0 Å². The second-order valence-electron chi connectivity index (χ2n) is 4.74. The highest BCUT2D eigenvalue weighted by molar-refractivity contribution is 9.10. The van der Waals surface area contributed by atoms with Gasteiger partial charge in [0.05, 0.1) is 0 Å². The van der Waals surface area contributed by atoms with Gasteiger partial charge in [-0.15, -0.1) is 0 Å². The van der Waals surface area contributed by atoms with Crippen molar-refractivity contribution in [2.24, 2.45) is 0 Å². The lowest BCUT2D eigenvalue weighted by molar-refractivity contribution is 0.589. The van der Waals surface area contributed by atoms with Gasteiger partial charge >= 0.3 is 0 Å². The van der Waals surface area contributed by atoms with Gasteiger partial charge in [-0.25, -0.2) is 0 Å². The van der Waals surface area contributed by atoms with Gasteiger partial charge < -0.3 is 5.32 Å². The summed E-state index contributed by atoms with van der Waals surface area (Å²) in [4.78, 5) is 0. The van der Waals surface area contributed by atoms with Gasteiger partial charge in [0.25, 0.3) is 0 Å². The molecule has 18 heavy (non-hydrogen) atoms. The van der Waals surface area contributed by atoms with Crippen LogP contribution in [-0.4, -0.2) is 6.04 Å². The van der Waals surface area contributed by atoms with Crippen LogP contribution in [0.15, 0.2) is 53.0 Å². The lowest BCUT2D eigenvalue weighted by atomic mass is 10.0. The number of halogens is 1. The number of nitrogens with one attached hydrogen (secondary N) is 1. The maximum Gasteiger partial charge on any atom is 0.0208 e. The minimum Gasteiger partial charge on any atom is -0.310 e. The predicted octanol–water partition coefficient (Wildman–Crippen LogP) is 4.61. The molecule has 2 aromatic rings. The van der Waals surface area contributed by atoms with Gasteiger partial charge in [-0.2, -0.15) is 0 Å². The molecule has 1 N–H and O–H groups in total. The Morgan fingerprint density at radius 1 is 1.00 bits per heavy atom. The third kappa shape index (κ3) is 3.69. The van der Waals surface area contributed by atoms with Crippen molar-refractivity contribution in [3.05, 3.63) is 58.6 Å². The normalized spacial score (nSPS) is 10.9. The maximum absolute atomic E-state index is 3.46. The first kappa shape index (κ1) is 13.3. The summed E-state index contributed by atoms with van der Waals surface area (Å²) in [6.45, 7) is 5.25. The highest BCUT2D eigenvalue weighted by Crippen LogP contribution is 2.22. The van der Waals surface area contributed by atoms with E-state index >= 15 is 0 Å². The van der Waals surface area contributed by atoms with E-state index in [0.717, 1.165) is 11.0 Å². The summed E-state index contributed by atoms with van der Waals surface area (Å²) in [6.07, 6.45) is 0. The number of rotatable bonds is 4. The van der Waals surface area contributed by atoms with Crippen molar-refractivity contribution in [3.8, 4) is 11.1 Å². The molecule has 2 heteroatoms. The Hall–Kier alpha value is -1.12. The third-order valence-electron chi connectivity index (χ3n) is 2.82. The van der Waals surface area contributed by atoms with E-state index in [2.05, 4.69) is 83.6 Å². The molecule has 0 bridgehead atoms. The molecule has 0 heterocycles. The first-order valence-electron chi connectivity index (χ1n) is 6.23. The molecule has 2 rings (SSSR count). The van der Waals surface area contributed by atoms with Crippen molar-refractivity contribution in [1.82, 2.24) is 5.32 Å². The summed E-state index contributed by atoms with van der Waals surface area (Å²) in [5.41, 5.74) is 3.85. The van der Waals surface area contributed by atoms with Gasteiger partial charge in [0.1, 0.15) is 0 Å². The predicted molar refractivity (Wildman–Crippen MR) is 81.6 cm³/mol. The first-order valence-corrected chi connectivity index (χ1v) is 7.03. The Kier molecular flexibility index (Phi) is 4.56. The molecule has 0 fully saturated rings. The largest absolute Gasteiger partial charge is 0.310 e. The molecule has 0 aliphatic heterocycles. The van der Waals surface area contributed by atoms with Gasteiger partial charge in [-0.1, -0.05) is 60.1 Å². The molecule has 0 unspecified atom stereocenters. The van der Waals surface area contributed by atoms with Crippen LogP contribution >= 0.6 is 15.9 Å². The lowest BCUT2D eigenvalue weighted by Crippen LogP contribution is -2.21. The van der Waals surface area contributed by atoms with E-state index < -0.39 is 0 Å². The molecular formula is C16H18BrN. The van der Waals surface area contributed by atoms with Gasteiger partial charge in [-0.3, -0.25) is 0 Å². The zero-order chi connectivity index (χ0) is 13.0. The van der Waals surface area contributed by atoms with Gasteiger partial charge in [0, 0.05) is 17.1 Å². The van der Waals surface area contributed by atoms with Crippen LogP contribution in [0.25, 0.3) is 11.1 Å². The summed E-state index contributed by atoms with van der Waals surface area (Å²) < 4.78 is 1.11. The second kappa shape index (κ2) is 6.17. The molecule has 0 radical (unpaired) electrons. The molecule has 0 amide bonds. The van der Waals surface area contributed by atoms with Crippen molar-refractivity contribution < 1.29 is 0 Å². The summed E-state index contributed by atoms with van der Waals surface area (Å²) >= 11 is 3.46. The van der Waals surface area contributed by atoms with Crippen LogP contribution in [0.5, 0.6) is 0 Å². The fraction of sp³-hybridized carbons (Fsp3) is 0.250. The molecule has 94 valence electrons. The maximum atomic E-state index is 3.46. The third-order valence-corrected chi connectivity index (χ3v) is 3.35. The first-order chi connectivity index (χ1) is 8.65. The second-order valence-corrected chi connectivity index (χ2v) is 5.66. The number of hydrogen-bond acceptors (Lipinski definition) is 1. The average Bonchev–Trinajstić information content (AvgIpc) is 2.37. The zero-order valence-electron chi connectivity index (χ0n) is 10.8. The van der Waals surface area contributed by atoms with Crippen LogP contribution in [0.4, 0.5) is 0 Å². The minimum atomic E-state index is 0.515. The Labute approximate surface area is 117 Å². The van der Waals surface area contributed by atoms with E-state index in [9.17, 15) is 0 Å². The molecule has 2 aromatic carbocycles. The van der Waals surface area contributed by atoms with Crippen molar-refractivity contribution in [3.63, 3.8) is 0 Å². The molecule has 0 aliphatic carbocycles. The molecule has 0 spiro atoms.